The van der Waals surface area contributed by atoms with E-state index < -0.39 is 30.4 Å². The first-order chi connectivity index (χ1) is 12.0. The highest BCUT2D eigenvalue weighted by atomic mass is 32.2. The molecule has 0 bridgehead atoms. The summed E-state index contributed by atoms with van der Waals surface area (Å²) < 4.78 is 35.6. The van der Waals surface area contributed by atoms with Crippen LogP contribution in [0.25, 0.3) is 0 Å². The highest BCUT2D eigenvalue weighted by Gasteiger charge is 2.26. The Balaban J connectivity index is 2.20. The molecule has 2 rings (SSSR count). The van der Waals surface area contributed by atoms with Gasteiger partial charge < -0.3 is 14.3 Å². The molecule has 2 N–H and O–H groups in total. The fourth-order valence-corrected chi connectivity index (χ4v) is 4.11. The number of amides is 1. The van der Waals surface area contributed by atoms with Crippen LogP contribution in [0.3, 0.4) is 0 Å². The molecule has 8 heteroatoms. The van der Waals surface area contributed by atoms with Crippen LogP contribution in [0.1, 0.15) is 17.2 Å². The van der Waals surface area contributed by atoms with Crippen LogP contribution in [0.2, 0.25) is 19.6 Å². The van der Waals surface area contributed by atoms with Crippen molar-refractivity contribution in [3.8, 4) is 5.75 Å². The lowest BCUT2D eigenvalue weighted by Crippen LogP contribution is -2.34. The smallest absolute Gasteiger partial charge is 0.339 e. The summed E-state index contributed by atoms with van der Waals surface area (Å²) in [5, 5.41) is 0. The van der Waals surface area contributed by atoms with Crippen molar-refractivity contribution in [1.29, 1.82) is 0 Å². The molecule has 1 atom stereocenters. The van der Waals surface area contributed by atoms with Crippen molar-refractivity contribution in [3.63, 3.8) is 0 Å². The average molecular weight is 394 g/mol. The third kappa shape index (κ3) is 5.42. The lowest BCUT2D eigenvalue weighted by Gasteiger charge is -2.24. The number of carbonyl (C=O) groups is 1. The molecule has 0 aliphatic rings. The Morgan fingerprint density at radius 2 is 1.54 bits per heavy atom. The number of carbonyl (C=O) groups excluding carboxylic acids is 1. The summed E-state index contributed by atoms with van der Waals surface area (Å²) >= 11 is 0. The summed E-state index contributed by atoms with van der Waals surface area (Å²) in [6.07, 6.45) is -0.871. The highest BCUT2D eigenvalue weighted by molar-refractivity contribution is 7.87. The first-order valence-corrected chi connectivity index (χ1v) is 12.9. The van der Waals surface area contributed by atoms with Crippen LogP contribution in [-0.2, 0) is 19.3 Å². The second-order valence-electron chi connectivity index (χ2n) is 6.93. The SMILES string of the molecule is Cc1ccc(S(=O)(=O)Oc2ccc(C(O[Si](C)(C)C)C(N)=O)cc2)cc1. The van der Waals surface area contributed by atoms with Crippen molar-refractivity contribution in [3.05, 3.63) is 59.7 Å². The zero-order chi connectivity index (χ0) is 19.5. The van der Waals surface area contributed by atoms with E-state index in [1.165, 1.54) is 24.3 Å². The molecule has 0 aliphatic heterocycles. The molecule has 0 heterocycles. The molecular weight excluding hydrogens is 370 g/mol. The largest absolute Gasteiger partial charge is 0.402 e. The van der Waals surface area contributed by atoms with Crippen LogP contribution in [0, 0.1) is 6.92 Å². The second kappa shape index (κ2) is 7.61. The van der Waals surface area contributed by atoms with Gasteiger partial charge in [-0.05, 0) is 56.4 Å². The molecule has 1 unspecified atom stereocenters. The van der Waals surface area contributed by atoms with Crippen molar-refractivity contribution in [2.24, 2.45) is 5.73 Å². The first kappa shape index (κ1) is 20.2. The third-order valence-electron chi connectivity index (χ3n) is 3.43. The Kier molecular flexibility index (Phi) is 5.90. The van der Waals surface area contributed by atoms with Crippen molar-refractivity contribution < 1.29 is 21.8 Å². The summed E-state index contributed by atoms with van der Waals surface area (Å²) in [4.78, 5) is 11.8. The summed E-state index contributed by atoms with van der Waals surface area (Å²) in [5.41, 5.74) is 6.94. The number of nitrogens with two attached hydrogens (primary N) is 1. The summed E-state index contributed by atoms with van der Waals surface area (Å²) in [5.74, 6) is -0.445. The molecule has 140 valence electrons. The minimum Gasteiger partial charge on any atom is -0.402 e. The minimum absolute atomic E-state index is 0.0734. The van der Waals surface area contributed by atoms with Gasteiger partial charge in [-0.3, -0.25) is 4.79 Å². The number of aryl methyl sites for hydroxylation is 1. The van der Waals surface area contributed by atoms with Gasteiger partial charge in [-0.25, -0.2) is 0 Å². The van der Waals surface area contributed by atoms with E-state index in [0.29, 0.717) is 5.56 Å². The van der Waals surface area contributed by atoms with Crippen molar-refractivity contribution in [1.82, 2.24) is 0 Å². The van der Waals surface area contributed by atoms with Gasteiger partial charge in [0.2, 0.25) is 5.91 Å². The molecule has 1 amide bonds. The van der Waals surface area contributed by atoms with Crippen LogP contribution in [0.5, 0.6) is 5.75 Å². The number of hydrogen-bond acceptors (Lipinski definition) is 5. The van der Waals surface area contributed by atoms with E-state index in [-0.39, 0.29) is 10.6 Å². The lowest BCUT2D eigenvalue weighted by molar-refractivity contribution is -0.125. The molecule has 26 heavy (non-hydrogen) atoms. The van der Waals surface area contributed by atoms with Crippen LogP contribution in [-0.4, -0.2) is 22.6 Å². The molecular formula is C18H23NO5SSi. The molecule has 2 aromatic rings. The zero-order valence-electron chi connectivity index (χ0n) is 15.2. The van der Waals surface area contributed by atoms with Gasteiger partial charge in [0.15, 0.2) is 8.32 Å². The van der Waals surface area contributed by atoms with E-state index in [1.54, 1.807) is 24.3 Å². The van der Waals surface area contributed by atoms with E-state index in [9.17, 15) is 13.2 Å². The molecule has 2 aromatic carbocycles. The lowest BCUT2D eigenvalue weighted by atomic mass is 10.1. The number of benzene rings is 2. The Labute approximate surface area is 155 Å². The minimum atomic E-state index is -3.92. The molecule has 0 aromatic heterocycles. The fraction of sp³-hybridized carbons (Fsp3) is 0.278. The Bertz CT molecular complexity index is 871. The zero-order valence-corrected chi connectivity index (χ0v) is 17.0. The Hall–Kier alpha value is -2.16. The van der Waals surface area contributed by atoms with Crippen LogP contribution in [0.4, 0.5) is 0 Å². The topological polar surface area (TPSA) is 95.7 Å². The summed E-state index contributed by atoms with van der Waals surface area (Å²) in [7, 11) is -5.92. The molecule has 0 saturated heterocycles. The number of hydrogen-bond donors (Lipinski definition) is 1. The summed E-state index contributed by atoms with van der Waals surface area (Å²) in [6.45, 7) is 7.73. The molecule has 0 aliphatic carbocycles. The second-order valence-corrected chi connectivity index (χ2v) is 12.9. The van der Waals surface area contributed by atoms with Crippen LogP contribution >= 0.6 is 0 Å². The number of primary amides is 1. The van der Waals surface area contributed by atoms with E-state index in [2.05, 4.69) is 0 Å². The third-order valence-corrected chi connectivity index (χ3v) is 5.63. The Morgan fingerprint density at radius 1 is 1.00 bits per heavy atom. The molecule has 6 nitrogen and oxygen atoms in total. The quantitative estimate of drug-likeness (QED) is 0.576. The average Bonchev–Trinajstić information content (AvgIpc) is 2.52. The number of rotatable bonds is 7. The highest BCUT2D eigenvalue weighted by Crippen LogP contribution is 2.25. The van der Waals surface area contributed by atoms with E-state index in [0.717, 1.165) is 5.56 Å². The van der Waals surface area contributed by atoms with Gasteiger partial charge >= 0.3 is 10.1 Å². The maximum absolute atomic E-state index is 12.3. The monoisotopic (exact) mass is 393 g/mol. The van der Waals surface area contributed by atoms with Crippen molar-refractivity contribution >= 4 is 24.3 Å². The molecule has 0 radical (unpaired) electrons. The van der Waals surface area contributed by atoms with Gasteiger partial charge in [-0.1, -0.05) is 29.8 Å². The van der Waals surface area contributed by atoms with Crippen LogP contribution in [0.15, 0.2) is 53.4 Å². The van der Waals surface area contributed by atoms with Crippen molar-refractivity contribution in [2.75, 3.05) is 0 Å². The first-order valence-electron chi connectivity index (χ1n) is 8.06. The summed E-state index contributed by atoms with van der Waals surface area (Å²) in [6, 6.07) is 12.5. The van der Waals surface area contributed by atoms with E-state index >= 15 is 0 Å². The normalized spacial score (nSPS) is 13.2. The standard InChI is InChI=1S/C18H23NO5SSi/c1-13-5-11-16(12-6-13)25(21,22)23-15-9-7-14(8-10-15)17(18(19)20)24-26(2,3)4/h5-12,17H,1-4H3,(H2,19,20). The Morgan fingerprint density at radius 3 is 2.00 bits per heavy atom. The van der Waals surface area contributed by atoms with Gasteiger partial charge in [0.25, 0.3) is 0 Å². The van der Waals surface area contributed by atoms with Gasteiger partial charge in [0.1, 0.15) is 16.7 Å². The van der Waals surface area contributed by atoms with Crippen LogP contribution < -0.4 is 9.92 Å². The fourth-order valence-electron chi connectivity index (χ4n) is 2.22. The van der Waals surface area contributed by atoms with Gasteiger partial charge in [-0.15, -0.1) is 0 Å². The predicted octanol–water partition coefficient (Wildman–Crippen LogP) is 3.14. The van der Waals surface area contributed by atoms with Crippen molar-refractivity contribution in [2.45, 2.75) is 37.6 Å². The molecule has 0 saturated carbocycles. The maximum Gasteiger partial charge on any atom is 0.339 e. The maximum atomic E-state index is 12.3. The van der Waals surface area contributed by atoms with Gasteiger partial charge in [0.05, 0.1) is 0 Å². The molecule has 0 spiro atoms. The predicted molar refractivity (Wildman–Crippen MR) is 102 cm³/mol. The van der Waals surface area contributed by atoms with E-state index in [4.69, 9.17) is 14.3 Å². The van der Waals surface area contributed by atoms with Gasteiger partial charge in [0, 0.05) is 0 Å². The molecule has 0 fully saturated rings. The van der Waals surface area contributed by atoms with E-state index in [1.807, 2.05) is 26.6 Å². The van der Waals surface area contributed by atoms with Gasteiger partial charge in [-0.2, -0.15) is 8.42 Å².